The molecule has 3 aliphatic carbocycles. The first kappa shape index (κ1) is 28.9. The fourth-order valence-corrected chi connectivity index (χ4v) is 7.12. The second-order valence-corrected chi connectivity index (χ2v) is 12.2. The Morgan fingerprint density at radius 2 is 1.60 bits per heavy atom. The van der Waals surface area contributed by atoms with Crippen LogP contribution in [0.15, 0.2) is 77.0 Å². The van der Waals surface area contributed by atoms with Gasteiger partial charge in [0.15, 0.2) is 11.4 Å². The predicted molar refractivity (Wildman–Crippen MR) is 163 cm³/mol. The Kier molecular flexibility index (Phi) is 7.06. The number of hydrogen-bond donors (Lipinski definition) is 2. The van der Waals surface area contributed by atoms with E-state index < -0.39 is 35.0 Å². The normalized spacial score (nSPS) is 23.7. The van der Waals surface area contributed by atoms with E-state index in [0.717, 1.165) is 16.7 Å². The summed E-state index contributed by atoms with van der Waals surface area (Å²) in [6.07, 6.45) is 2.16. The third-order valence-corrected chi connectivity index (χ3v) is 9.30. The van der Waals surface area contributed by atoms with Gasteiger partial charge in [-0.25, -0.2) is 0 Å². The summed E-state index contributed by atoms with van der Waals surface area (Å²) in [6, 6.07) is 18.3. The molecule has 0 radical (unpaired) electrons. The zero-order chi connectivity index (χ0) is 31.5. The molecule has 10 nitrogen and oxygen atoms in total. The number of nitrogens with zero attached hydrogens (tertiary/aromatic N) is 3. The van der Waals surface area contributed by atoms with Crippen molar-refractivity contribution in [1.29, 1.82) is 0 Å². The van der Waals surface area contributed by atoms with Crippen LogP contribution < -0.4 is 9.47 Å². The van der Waals surface area contributed by atoms with Gasteiger partial charge < -0.3 is 24.2 Å². The number of fused-ring (bicyclic) bond motifs is 4. The van der Waals surface area contributed by atoms with E-state index in [0.29, 0.717) is 23.4 Å². The van der Waals surface area contributed by atoms with Crippen LogP contribution in [0.25, 0.3) is 5.76 Å². The molecule has 2 aromatic carbocycles. The molecule has 0 saturated heterocycles. The molecule has 230 valence electrons. The Balaban J connectivity index is 1.29. The van der Waals surface area contributed by atoms with Crippen molar-refractivity contribution in [3.05, 3.63) is 112 Å². The number of aryl methyl sites for hydroxylation is 1. The fourth-order valence-electron chi connectivity index (χ4n) is 7.12. The zero-order valence-corrected chi connectivity index (χ0v) is 25.2. The lowest BCUT2D eigenvalue weighted by molar-refractivity contribution is -0.142. The molecule has 2 N–H and O–H groups in total. The minimum absolute atomic E-state index is 0.0222. The molecule has 0 aliphatic heterocycles. The largest absolute Gasteiger partial charge is 0.507 e. The third-order valence-electron chi connectivity index (χ3n) is 9.30. The average Bonchev–Trinajstić information content (AvgIpc) is 3.46. The number of hydrogen-bond acceptors (Lipinski definition) is 10. The van der Waals surface area contributed by atoms with Crippen LogP contribution in [0.5, 0.6) is 11.6 Å². The summed E-state index contributed by atoms with van der Waals surface area (Å²) in [5.41, 5.74) is 1.11. The summed E-state index contributed by atoms with van der Waals surface area (Å²) in [6.45, 7) is 2.19. The van der Waals surface area contributed by atoms with Gasteiger partial charge in [-0.05, 0) is 61.6 Å². The summed E-state index contributed by atoms with van der Waals surface area (Å²) < 4.78 is 17.7. The molecule has 7 rings (SSSR count). The standard InChI is InChI=1S/C35H33N3O7/c1-19-23-14-22-15-24-29(38(2)3)31-28(34(37-45-31)44-18-21-12-8-5-9-13-21)33(41)35(24,42)32(40)26(22)30(39)27(23)25(16-36-19)43-17-20-10-6-4-7-11-20/h4-13,16,22,24,29,39,42H,14-15,17-18H2,1-3H3/t22-,24-,29-,35-/m0/s1. The molecule has 0 amide bonds. The summed E-state index contributed by atoms with van der Waals surface area (Å²) in [7, 11) is 3.59. The maximum absolute atomic E-state index is 14.5. The topological polar surface area (TPSA) is 135 Å². The number of aliphatic hydroxyl groups excluding tert-OH is 1. The van der Waals surface area contributed by atoms with Crippen molar-refractivity contribution in [1.82, 2.24) is 15.0 Å². The van der Waals surface area contributed by atoms with Gasteiger partial charge in [0.1, 0.15) is 30.3 Å². The van der Waals surface area contributed by atoms with Gasteiger partial charge in [0.25, 0.3) is 5.88 Å². The number of aromatic nitrogens is 2. The lowest BCUT2D eigenvalue weighted by atomic mass is 9.57. The number of pyridine rings is 1. The van der Waals surface area contributed by atoms with Crippen LogP contribution in [0.1, 0.15) is 56.5 Å². The van der Waals surface area contributed by atoms with Crippen LogP contribution >= 0.6 is 0 Å². The smallest absolute Gasteiger partial charge is 0.265 e. The van der Waals surface area contributed by atoms with E-state index in [2.05, 4.69) is 10.1 Å². The highest BCUT2D eigenvalue weighted by atomic mass is 16.5. The fraction of sp³-hybridized carbons (Fsp3) is 0.314. The van der Waals surface area contributed by atoms with Crippen LogP contribution in [0.2, 0.25) is 0 Å². The van der Waals surface area contributed by atoms with E-state index in [1.54, 1.807) is 14.1 Å². The maximum Gasteiger partial charge on any atom is 0.265 e. The molecule has 1 saturated carbocycles. The first-order valence-electron chi connectivity index (χ1n) is 14.9. The Morgan fingerprint density at radius 1 is 0.956 bits per heavy atom. The van der Waals surface area contributed by atoms with Gasteiger partial charge >= 0.3 is 0 Å². The number of carbonyl (C=O) groups excluding carboxylic acids is 2. The molecule has 0 spiro atoms. The first-order valence-corrected chi connectivity index (χ1v) is 14.9. The zero-order valence-electron chi connectivity index (χ0n) is 25.2. The van der Waals surface area contributed by atoms with E-state index in [4.69, 9.17) is 14.0 Å². The Hall–Kier alpha value is -4.80. The Bertz CT molecular complexity index is 1830. The van der Waals surface area contributed by atoms with Gasteiger partial charge in [-0.3, -0.25) is 19.5 Å². The van der Waals surface area contributed by atoms with Gasteiger partial charge in [-0.15, -0.1) is 0 Å². The summed E-state index contributed by atoms with van der Waals surface area (Å²) in [4.78, 5) is 35.0. The van der Waals surface area contributed by atoms with Crippen molar-refractivity contribution >= 4 is 17.3 Å². The highest BCUT2D eigenvalue weighted by Gasteiger charge is 2.65. The van der Waals surface area contributed by atoms with Crippen molar-refractivity contribution in [2.45, 2.75) is 44.6 Å². The molecular weight excluding hydrogens is 574 g/mol. The predicted octanol–water partition coefficient (Wildman–Crippen LogP) is 4.80. The molecule has 2 heterocycles. The number of ether oxygens (including phenoxy) is 2. The number of ketones is 2. The lowest BCUT2D eigenvalue weighted by Gasteiger charge is -2.49. The van der Waals surface area contributed by atoms with E-state index in [1.807, 2.05) is 72.5 Å². The van der Waals surface area contributed by atoms with Gasteiger partial charge in [0, 0.05) is 17.2 Å². The third kappa shape index (κ3) is 4.55. The second-order valence-electron chi connectivity index (χ2n) is 12.2. The molecule has 4 atom stereocenters. The van der Waals surface area contributed by atoms with E-state index in [-0.39, 0.29) is 48.2 Å². The lowest BCUT2D eigenvalue weighted by Crippen LogP contribution is -2.63. The summed E-state index contributed by atoms with van der Waals surface area (Å²) in [5, 5.41) is 28.1. The van der Waals surface area contributed by atoms with E-state index >= 15 is 0 Å². The molecule has 2 aromatic heterocycles. The van der Waals surface area contributed by atoms with Crippen molar-refractivity contribution in [3.8, 4) is 11.6 Å². The van der Waals surface area contributed by atoms with E-state index in [9.17, 15) is 19.8 Å². The Labute approximate surface area is 259 Å². The van der Waals surface area contributed by atoms with E-state index in [1.165, 1.54) is 6.20 Å². The van der Waals surface area contributed by atoms with Gasteiger partial charge in [0.05, 0.1) is 17.8 Å². The average molecular weight is 608 g/mol. The maximum atomic E-state index is 14.5. The molecule has 0 bridgehead atoms. The monoisotopic (exact) mass is 607 g/mol. The van der Waals surface area contributed by atoms with Crippen molar-refractivity contribution in [2.24, 2.45) is 11.8 Å². The number of carbonyl (C=O) groups is 2. The molecule has 1 fully saturated rings. The van der Waals surface area contributed by atoms with Crippen LogP contribution in [0.3, 0.4) is 0 Å². The molecule has 45 heavy (non-hydrogen) atoms. The highest BCUT2D eigenvalue weighted by molar-refractivity contribution is 6.26. The SMILES string of the molecule is Cc1ncc(OCc2ccccc2)c2c1C[C@H]1C[C@H]3[C@H](N(C)C)c4onc(OCc5ccccc5)c4C(=O)[C@@]3(O)C(=O)C1=C2O. The second kappa shape index (κ2) is 11.0. The van der Waals surface area contributed by atoms with Crippen LogP contribution in [-0.2, 0) is 24.4 Å². The van der Waals surface area contributed by atoms with Crippen molar-refractivity contribution < 1.29 is 33.8 Å². The number of Topliss-reactive ketones (excluding diaryl/α,β-unsaturated/α-hetero) is 2. The van der Waals surface area contributed by atoms with Crippen molar-refractivity contribution in [2.75, 3.05) is 14.1 Å². The number of aliphatic hydroxyl groups is 2. The van der Waals surface area contributed by atoms with Crippen LogP contribution in [-0.4, -0.2) is 56.5 Å². The van der Waals surface area contributed by atoms with Gasteiger partial charge in [0.2, 0.25) is 11.6 Å². The first-order chi connectivity index (χ1) is 21.7. The van der Waals surface area contributed by atoms with Crippen LogP contribution in [0.4, 0.5) is 0 Å². The van der Waals surface area contributed by atoms with Gasteiger partial charge in [-0.1, -0.05) is 60.7 Å². The highest BCUT2D eigenvalue weighted by Crippen LogP contribution is 2.56. The molecule has 10 heteroatoms. The van der Waals surface area contributed by atoms with Crippen LogP contribution in [0, 0.1) is 18.8 Å². The summed E-state index contributed by atoms with van der Waals surface area (Å²) in [5.74, 6) is -2.80. The molecule has 3 aliphatic rings. The minimum atomic E-state index is -2.47. The molecule has 0 unspecified atom stereocenters. The van der Waals surface area contributed by atoms with Gasteiger partial charge in [-0.2, -0.15) is 0 Å². The quantitative estimate of drug-likeness (QED) is 0.282. The number of benzene rings is 2. The molecular formula is C35H33N3O7. The van der Waals surface area contributed by atoms with Crippen molar-refractivity contribution in [3.63, 3.8) is 0 Å². The number of rotatable bonds is 7. The molecule has 4 aromatic rings. The minimum Gasteiger partial charge on any atom is -0.507 e. The summed E-state index contributed by atoms with van der Waals surface area (Å²) >= 11 is 0. The Morgan fingerprint density at radius 3 is 2.24 bits per heavy atom.